The first-order valence-corrected chi connectivity index (χ1v) is 19.1. The van der Waals surface area contributed by atoms with Crippen LogP contribution < -0.4 is 14.4 Å². The number of methoxy groups -OCH3 is 2. The minimum absolute atomic E-state index is 0.0569. The molecule has 0 aromatic heterocycles. The SMILES string of the molecule is C=C(O)c1cccc(NC(=O)[C@@H]2C[C@H](S)CN2C(=O)OC)c1.COC(=O)C1=C(OP(=O)(Oc2ccccc2)Oc2ccccc2)[C@H](C)[C@@H]2[C@@H]([C@@H](C)O)C(=O)N12. The fourth-order valence-electron chi connectivity index (χ4n) is 6.51. The molecule has 55 heavy (non-hydrogen) atoms. The van der Waals surface area contributed by atoms with Crippen LogP contribution in [0.3, 0.4) is 0 Å². The average molecular weight is 796 g/mol. The normalized spacial score (nSPS) is 21.9. The number of thiol groups is 1. The van der Waals surface area contributed by atoms with E-state index in [1.807, 2.05) is 0 Å². The van der Waals surface area contributed by atoms with Crippen LogP contribution in [0.1, 0.15) is 25.8 Å². The fraction of sp³-hybridized carbons (Fsp3) is 0.316. The minimum Gasteiger partial charge on any atom is -0.508 e. The first-order chi connectivity index (χ1) is 26.2. The van der Waals surface area contributed by atoms with E-state index in [1.54, 1.807) is 91.9 Å². The van der Waals surface area contributed by atoms with Gasteiger partial charge in [0, 0.05) is 29.0 Å². The Bertz CT molecular complexity index is 1950. The molecule has 6 atom stereocenters. The molecule has 0 radical (unpaired) electrons. The Hall–Kier alpha value is -5.44. The summed E-state index contributed by atoms with van der Waals surface area (Å²) in [5.41, 5.74) is 0.858. The summed E-state index contributed by atoms with van der Waals surface area (Å²) in [5, 5.41) is 22.1. The highest BCUT2D eigenvalue weighted by atomic mass is 32.1. The number of likely N-dealkylation sites (tertiary alicyclic amines) is 1. The van der Waals surface area contributed by atoms with Crippen molar-refractivity contribution in [3.63, 3.8) is 0 Å². The molecule has 0 saturated carbocycles. The second-order valence-electron chi connectivity index (χ2n) is 12.8. The Morgan fingerprint density at radius 3 is 2.07 bits per heavy atom. The number of anilines is 1. The lowest BCUT2D eigenvalue weighted by molar-refractivity contribution is -0.163. The number of phosphoric ester groups is 1. The number of esters is 1. The molecular weight excluding hydrogens is 753 g/mol. The number of ether oxygens (including phenoxy) is 2. The lowest BCUT2D eigenvalue weighted by Crippen LogP contribution is -2.63. The molecule has 2 fully saturated rings. The van der Waals surface area contributed by atoms with Crippen LogP contribution in [0.4, 0.5) is 10.5 Å². The molecule has 0 bridgehead atoms. The van der Waals surface area contributed by atoms with Crippen LogP contribution in [0.25, 0.3) is 5.76 Å². The molecule has 2 saturated heterocycles. The number of nitrogens with zero attached hydrogens (tertiary/aromatic N) is 2. The number of nitrogens with one attached hydrogen (secondary N) is 1. The Balaban J connectivity index is 0.000000229. The maximum absolute atomic E-state index is 13.8. The van der Waals surface area contributed by atoms with E-state index in [1.165, 1.54) is 30.9 Å². The van der Waals surface area contributed by atoms with E-state index in [0.29, 0.717) is 24.2 Å². The highest BCUT2D eigenvalue weighted by Gasteiger charge is 2.62. The van der Waals surface area contributed by atoms with Gasteiger partial charge in [0.2, 0.25) is 11.8 Å². The number of hydrogen-bond donors (Lipinski definition) is 4. The molecule has 0 spiro atoms. The minimum atomic E-state index is -4.39. The van der Waals surface area contributed by atoms with Gasteiger partial charge in [0.1, 0.15) is 29.1 Å². The average Bonchev–Trinajstić information content (AvgIpc) is 3.66. The predicted octanol–water partition coefficient (Wildman–Crippen LogP) is 5.80. The van der Waals surface area contributed by atoms with Crippen molar-refractivity contribution in [1.82, 2.24) is 9.80 Å². The van der Waals surface area contributed by atoms with Crippen molar-refractivity contribution in [1.29, 1.82) is 0 Å². The zero-order chi connectivity index (χ0) is 40.0. The molecule has 3 N–H and O–H groups in total. The molecule has 0 aliphatic carbocycles. The molecule has 3 aliphatic rings. The van der Waals surface area contributed by atoms with Crippen LogP contribution in [-0.2, 0) is 32.9 Å². The number of rotatable bonds is 11. The predicted molar refractivity (Wildman–Crippen MR) is 204 cm³/mol. The van der Waals surface area contributed by atoms with Crippen molar-refractivity contribution in [2.75, 3.05) is 26.1 Å². The second-order valence-corrected chi connectivity index (χ2v) is 15.0. The summed E-state index contributed by atoms with van der Waals surface area (Å²) in [4.78, 5) is 52.0. The zero-order valence-corrected chi connectivity index (χ0v) is 32.2. The van der Waals surface area contributed by atoms with Crippen molar-refractivity contribution in [2.45, 2.75) is 43.7 Å². The van der Waals surface area contributed by atoms with Crippen molar-refractivity contribution in [3.05, 3.63) is 109 Å². The van der Waals surface area contributed by atoms with Crippen LogP contribution in [-0.4, -0.2) is 88.1 Å². The molecule has 0 unspecified atom stereocenters. The van der Waals surface area contributed by atoms with Crippen molar-refractivity contribution in [2.24, 2.45) is 11.8 Å². The van der Waals surface area contributed by atoms with E-state index in [4.69, 9.17) is 23.0 Å². The number of benzene rings is 3. The van der Waals surface area contributed by atoms with Crippen molar-refractivity contribution in [3.8, 4) is 11.5 Å². The smallest absolute Gasteiger partial charge is 0.508 e. The van der Waals surface area contributed by atoms with E-state index < -0.39 is 55.8 Å². The largest absolute Gasteiger partial charge is 0.646 e. The van der Waals surface area contributed by atoms with E-state index in [0.717, 1.165) is 0 Å². The number of carbonyl (C=O) groups is 4. The van der Waals surface area contributed by atoms with Gasteiger partial charge < -0.3 is 38.6 Å². The first kappa shape index (κ1) is 40.7. The van der Waals surface area contributed by atoms with Crippen LogP contribution in [0.5, 0.6) is 11.5 Å². The van der Waals surface area contributed by atoms with Gasteiger partial charge >= 0.3 is 19.9 Å². The van der Waals surface area contributed by atoms with Crippen LogP contribution >= 0.6 is 20.5 Å². The number of phosphoric acid groups is 1. The molecule has 15 nitrogen and oxygen atoms in total. The summed E-state index contributed by atoms with van der Waals surface area (Å²) in [6, 6.07) is 22.1. The Labute approximate surface area is 323 Å². The molecule has 6 rings (SSSR count). The molecule has 292 valence electrons. The maximum atomic E-state index is 13.8. The molecule has 17 heteroatoms. The number of aliphatic hydroxyl groups is 2. The van der Waals surface area contributed by atoms with Crippen LogP contribution in [0.15, 0.2) is 103 Å². The van der Waals surface area contributed by atoms with Gasteiger partial charge in [0.15, 0.2) is 5.70 Å². The lowest BCUT2D eigenvalue weighted by Gasteiger charge is -2.46. The van der Waals surface area contributed by atoms with E-state index in [9.17, 15) is 34.0 Å². The standard InChI is InChI=1S/C23H24NO8P.C15H18N2O4S/c1-14-19-18(15(2)25)22(26)24(19)20(23(27)29-3)21(14)32-33(28,30-16-10-6-4-7-11-16)31-17-12-8-5-9-13-17;1-9(18)10-4-3-5-11(6-10)16-14(19)13-7-12(22)8-17(13)15(20)21-2/h4-15,18-19,25H,1-3H3;3-6,12-13,18,22H,1,7-8H2,2H3,(H,16,19)/t14-,15-,18-,19-;12-,13-/m10/s1. The number of hydrogen-bond acceptors (Lipinski definition) is 13. The summed E-state index contributed by atoms with van der Waals surface area (Å²) in [6.45, 7) is 7.02. The van der Waals surface area contributed by atoms with Gasteiger partial charge in [-0.25, -0.2) is 9.59 Å². The van der Waals surface area contributed by atoms with E-state index in [2.05, 4.69) is 24.5 Å². The van der Waals surface area contributed by atoms with E-state index in [-0.39, 0.29) is 39.9 Å². The summed E-state index contributed by atoms with van der Waals surface area (Å²) >= 11 is 4.33. The monoisotopic (exact) mass is 795 g/mol. The third-order valence-corrected chi connectivity index (χ3v) is 10.7. The molecular formula is C38H42N3O12PS. The summed E-state index contributed by atoms with van der Waals surface area (Å²) < 4.78 is 40.5. The molecule has 3 aromatic rings. The van der Waals surface area contributed by atoms with E-state index >= 15 is 0 Å². The molecule has 3 aliphatic heterocycles. The second kappa shape index (κ2) is 17.4. The third-order valence-electron chi connectivity index (χ3n) is 9.07. The maximum Gasteiger partial charge on any atom is 0.646 e. The number of β-lactam (4-membered cyclic amide) rings is 1. The van der Waals surface area contributed by atoms with Crippen molar-refractivity contribution >= 4 is 55.8 Å². The summed E-state index contributed by atoms with van der Waals surface area (Å²) in [5.74, 6) is -2.59. The molecule has 3 aromatic carbocycles. The van der Waals surface area contributed by atoms with Gasteiger partial charge in [-0.3, -0.25) is 19.4 Å². The summed E-state index contributed by atoms with van der Waals surface area (Å²) in [6.07, 6.45) is -1.03. The molecule has 3 amide bonds. The number of fused-ring (bicyclic) bond motifs is 1. The van der Waals surface area contributed by atoms with Gasteiger partial charge in [-0.05, 0) is 49.7 Å². The highest BCUT2D eigenvalue weighted by Crippen LogP contribution is 2.57. The van der Waals surface area contributed by atoms with Crippen molar-refractivity contribution < 1.29 is 57.0 Å². The van der Waals surface area contributed by atoms with Crippen LogP contribution in [0.2, 0.25) is 0 Å². The highest BCUT2D eigenvalue weighted by molar-refractivity contribution is 7.81. The Morgan fingerprint density at radius 2 is 1.55 bits per heavy atom. The van der Waals surface area contributed by atoms with Gasteiger partial charge in [-0.1, -0.05) is 62.0 Å². The van der Waals surface area contributed by atoms with Gasteiger partial charge in [0.25, 0.3) is 0 Å². The molecule has 3 heterocycles. The van der Waals surface area contributed by atoms with Crippen LogP contribution in [0, 0.1) is 11.8 Å². The lowest BCUT2D eigenvalue weighted by atomic mass is 9.79. The number of aliphatic hydroxyl groups excluding tert-OH is 2. The summed E-state index contributed by atoms with van der Waals surface area (Å²) in [7, 11) is -1.95. The quantitative estimate of drug-likeness (QED) is 0.0601. The Kier molecular flexibility index (Phi) is 12.9. The zero-order valence-electron chi connectivity index (χ0n) is 30.4. The van der Waals surface area contributed by atoms with Gasteiger partial charge in [-0.2, -0.15) is 17.2 Å². The number of amides is 3. The van der Waals surface area contributed by atoms with Gasteiger partial charge in [-0.15, -0.1) is 0 Å². The first-order valence-electron chi connectivity index (χ1n) is 17.1. The van der Waals surface area contributed by atoms with Gasteiger partial charge in [0.05, 0.1) is 32.3 Å². The third kappa shape index (κ3) is 9.10. The number of carbonyl (C=O) groups excluding carboxylic acids is 4. The fourth-order valence-corrected chi connectivity index (χ4v) is 8.25. The Morgan fingerprint density at radius 1 is 0.945 bits per heavy atom. The topological polar surface area (TPSA) is 190 Å². The number of para-hydroxylation sites is 2.